The van der Waals surface area contributed by atoms with E-state index in [2.05, 4.69) is 17.1 Å². The lowest BCUT2D eigenvalue weighted by atomic mass is 9.90. The molecule has 1 aliphatic carbocycles. The molecule has 0 aromatic carbocycles. The molecule has 0 bridgehead atoms. The summed E-state index contributed by atoms with van der Waals surface area (Å²) >= 11 is 0. The van der Waals surface area contributed by atoms with E-state index in [0.29, 0.717) is 5.54 Å². The van der Waals surface area contributed by atoms with E-state index >= 15 is 0 Å². The van der Waals surface area contributed by atoms with Crippen molar-refractivity contribution in [3.63, 3.8) is 0 Å². The molecule has 2 aliphatic heterocycles. The monoisotopic (exact) mass is 266 g/mol. The van der Waals surface area contributed by atoms with Gasteiger partial charge < -0.3 is 10.1 Å². The summed E-state index contributed by atoms with van der Waals surface area (Å²) < 4.78 is 5.57. The Morgan fingerprint density at radius 2 is 2.16 bits per heavy atom. The van der Waals surface area contributed by atoms with E-state index in [-0.39, 0.29) is 0 Å². The van der Waals surface area contributed by atoms with Crippen molar-refractivity contribution in [2.75, 3.05) is 32.8 Å². The minimum absolute atomic E-state index is 0.462. The van der Waals surface area contributed by atoms with Gasteiger partial charge in [0.2, 0.25) is 0 Å². The average Bonchev–Trinajstić information content (AvgIpc) is 3.06. The molecule has 19 heavy (non-hydrogen) atoms. The molecular formula is C16H30N2O. The van der Waals surface area contributed by atoms with Crippen LogP contribution in [0.5, 0.6) is 0 Å². The van der Waals surface area contributed by atoms with E-state index < -0.39 is 0 Å². The first kappa shape index (κ1) is 13.8. The predicted octanol–water partition coefficient (Wildman–Crippen LogP) is 2.41. The molecule has 3 aliphatic rings. The van der Waals surface area contributed by atoms with Crippen LogP contribution in [0, 0.1) is 5.92 Å². The summed E-state index contributed by atoms with van der Waals surface area (Å²) in [4.78, 5) is 2.81. The molecule has 1 saturated carbocycles. The first-order chi connectivity index (χ1) is 9.31. The minimum atomic E-state index is 0.462. The van der Waals surface area contributed by atoms with Gasteiger partial charge in [-0.1, -0.05) is 26.2 Å². The number of piperazine rings is 1. The molecule has 2 atom stereocenters. The highest BCUT2D eigenvalue weighted by atomic mass is 16.5. The van der Waals surface area contributed by atoms with E-state index in [0.717, 1.165) is 25.2 Å². The van der Waals surface area contributed by atoms with Gasteiger partial charge in [0.05, 0.1) is 6.61 Å². The van der Waals surface area contributed by atoms with Crippen LogP contribution in [0.1, 0.15) is 51.9 Å². The zero-order valence-electron chi connectivity index (χ0n) is 12.5. The van der Waals surface area contributed by atoms with Crippen molar-refractivity contribution in [2.45, 2.75) is 63.5 Å². The van der Waals surface area contributed by atoms with Crippen LogP contribution >= 0.6 is 0 Å². The summed E-state index contributed by atoms with van der Waals surface area (Å²) in [7, 11) is 0. The van der Waals surface area contributed by atoms with Crippen molar-refractivity contribution >= 4 is 0 Å². The molecule has 3 rings (SSSR count). The fraction of sp³-hybridized carbons (Fsp3) is 1.00. The third kappa shape index (κ3) is 3.14. The average molecular weight is 266 g/mol. The minimum Gasteiger partial charge on any atom is -0.381 e. The Morgan fingerprint density at radius 1 is 1.32 bits per heavy atom. The Hall–Kier alpha value is -0.120. The topological polar surface area (TPSA) is 24.5 Å². The Morgan fingerprint density at radius 3 is 2.84 bits per heavy atom. The van der Waals surface area contributed by atoms with Gasteiger partial charge in [0.25, 0.3) is 0 Å². The molecule has 3 nitrogen and oxygen atoms in total. The number of hydrogen-bond acceptors (Lipinski definition) is 3. The molecule has 110 valence electrons. The van der Waals surface area contributed by atoms with Gasteiger partial charge in [0.1, 0.15) is 0 Å². The zero-order valence-corrected chi connectivity index (χ0v) is 12.5. The second-order valence-electron chi connectivity index (χ2n) is 6.97. The molecule has 3 fully saturated rings. The normalized spacial score (nSPS) is 35.2. The van der Waals surface area contributed by atoms with Gasteiger partial charge >= 0.3 is 0 Å². The quantitative estimate of drug-likeness (QED) is 0.846. The maximum absolute atomic E-state index is 5.57. The summed E-state index contributed by atoms with van der Waals surface area (Å²) in [5, 5.41) is 3.91. The van der Waals surface area contributed by atoms with Crippen LogP contribution in [0.25, 0.3) is 0 Å². The van der Waals surface area contributed by atoms with E-state index in [9.17, 15) is 0 Å². The number of nitrogens with zero attached hydrogens (tertiary/aromatic N) is 1. The van der Waals surface area contributed by atoms with Crippen LogP contribution in [-0.4, -0.2) is 49.3 Å². The molecule has 1 spiro atoms. The smallest absolute Gasteiger partial charge is 0.0507 e. The molecule has 0 aromatic rings. The number of hydrogen-bond donors (Lipinski definition) is 1. The van der Waals surface area contributed by atoms with E-state index in [1.54, 1.807) is 0 Å². The molecule has 2 unspecified atom stereocenters. The van der Waals surface area contributed by atoms with Crippen LogP contribution in [0.4, 0.5) is 0 Å². The van der Waals surface area contributed by atoms with Crippen molar-refractivity contribution in [1.29, 1.82) is 0 Å². The largest absolute Gasteiger partial charge is 0.381 e. The van der Waals surface area contributed by atoms with Crippen molar-refractivity contribution in [1.82, 2.24) is 10.2 Å². The highest BCUT2D eigenvalue weighted by Crippen LogP contribution is 2.34. The Bertz CT molecular complexity index is 282. The van der Waals surface area contributed by atoms with Gasteiger partial charge in [-0.3, -0.25) is 4.90 Å². The number of ether oxygens (including phenoxy) is 1. The van der Waals surface area contributed by atoms with Gasteiger partial charge in [-0.2, -0.15) is 0 Å². The van der Waals surface area contributed by atoms with Crippen molar-refractivity contribution in [2.24, 2.45) is 5.92 Å². The fourth-order valence-electron chi connectivity index (χ4n) is 4.31. The maximum Gasteiger partial charge on any atom is 0.0507 e. The SMILES string of the molecule is CCCC1CNC2(CCCC2)CN1CC1CCOC1. The number of nitrogens with one attached hydrogen (secondary N) is 1. The van der Waals surface area contributed by atoms with Gasteiger partial charge in [0, 0.05) is 37.8 Å². The predicted molar refractivity (Wildman–Crippen MR) is 78.4 cm³/mol. The fourth-order valence-corrected chi connectivity index (χ4v) is 4.31. The van der Waals surface area contributed by atoms with Crippen molar-refractivity contribution in [3.05, 3.63) is 0 Å². The Kier molecular flexibility index (Phi) is 4.45. The van der Waals surface area contributed by atoms with Crippen LogP contribution < -0.4 is 5.32 Å². The highest BCUT2D eigenvalue weighted by molar-refractivity contribution is 5.01. The summed E-state index contributed by atoms with van der Waals surface area (Å²) in [5.74, 6) is 0.788. The second-order valence-corrected chi connectivity index (χ2v) is 6.97. The number of rotatable bonds is 4. The van der Waals surface area contributed by atoms with E-state index in [4.69, 9.17) is 4.74 Å². The molecule has 3 heteroatoms. The van der Waals surface area contributed by atoms with Crippen molar-refractivity contribution < 1.29 is 4.74 Å². The first-order valence-corrected chi connectivity index (χ1v) is 8.38. The third-order valence-corrected chi connectivity index (χ3v) is 5.43. The molecule has 0 amide bonds. The Labute approximate surface area is 118 Å². The highest BCUT2D eigenvalue weighted by Gasteiger charge is 2.41. The Balaban J connectivity index is 1.63. The molecule has 2 heterocycles. The standard InChI is InChI=1S/C16H30N2O/c1-2-5-15-10-17-16(7-3-4-8-16)13-18(15)11-14-6-9-19-12-14/h14-15,17H,2-13H2,1H3. The van der Waals surface area contributed by atoms with E-state index in [1.807, 2.05) is 0 Å². The maximum atomic E-state index is 5.57. The van der Waals surface area contributed by atoms with Crippen LogP contribution in [0.2, 0.25) is 0 Å². The lowest BCUT2D eigenvalue weighted by molar-refractivity contribution is 0.0585. The summed E-state index contributed by atoms with van der Waals surface area (Å²) in [6.07, 6.45) is 9.55. The van der Waals surface area contributed by atoms with Crippen LogP contribution in [-0.2, 0) is 4.74 Å². The van der Waals surface area contributed by atoms with Gasteiger partial charge in [-0.25, -0.2) is 0 Å². The summed E-state index contributed by atoms with van der Waals surface area (Å²) in [6, 6.07) is 0.761. The lowest BCUT2D eigenvalue weighted by Crippen LogP contribution is -2.63. The third-order valence-electron chi connectivity index (χ3n) is 5.43. The molecule has 1 N–H and O–H groups in total. The molecular weight excluding hydrogens is 236 g/mol. The molecule has 0 aromatic heterocycles. The first-order valence-electron chi connectivity index (χ1n) is 8.38. The van der Waals surface area contributed by atoms with Crippen molar-refractivity contribution in [3.8, 4) is 0 Å². The lowest BCUT2D eigenvalue weighted by Gasteiger charge is -2.47. The van der Waals surface area contributed by atoms with Crippen LogP contribution in [0.3, 0.4) is 0 Å². The summed E-state index contributed by atoms with van der Waals surface area (Å²) in [6.45, 7) is 8.07. The zero-order chi connectivity index (χ0) is 13.1. The summed E-state index contributed by atoms with van der Waals surface area (Å²) in [5.41, 5.74) is 0.462. The molecule has 0 radical (unpaired) electrons. The van der Waals surface area contributed by atoms with Gasteiger partial charge in [-0.05, 0) is 31.6 Å². The van der Waals surface area contributed by atoms with E-state index in [1.165, 1.54) is 64.6 Å². The molecule has 2 saturated heterocycles. The van der Waals surface area contributed by atoms with Crippen LogP contribution in [0.15, 0.2) is 0 Å². The second kappa shape index (κ2) is 6.11. The van der Waals surface area contributed by atoms with Gasteiger partial charge in [-0.15, -0.1) is 0 Å². The van der Waals surface area contributed by atoms with Gasteiger partial charge in [0.15, 0.2) is 0 Å².